The summed E-state index contributed by atoms with van der Waals surface area (Å²) in [7, 11) is -5.69. The number of rotatable bonds is 18. The van der Waals surface area contributed by atoms with E-state index >= 15 is 0 Å². The van der Waals surface area contributed by atoms with E-state index in [1.165, 1.54) is 10.9 Å². The van der Waals surface area contributed by atoms with E-state index in [1.54, 1.807) is 6.07 Å². The maximum Gasteiger partial charge on any atom is 0.481 e. The van der Waals surface area contributed by atoms with Crippen molar-refractivity contribution in [1.29, 1.82) is 5.26 Å². The highest BCUT2D eigenvalue weighted by atomic mass is 32.5. The van der Waals surface area contributed by atoms with Crippen LogP contribution in [0.25, 0.3) is 11.2 Å². The molecular formula is C31H40N6O20P2S. The van der Waals surface area contributed by atoms with Gasteiger partial charge in [0.25, 0.3) is 0 Å². The molecule has 2 aliphatic rings. The number of nitrogen functional groups attached to an aromatic ring is 1. The fraction of sp³-hybridized carbons (Fsp3) is 0.613. The lowest BCUT2D eigenvalue weighted by Crippen LogP contribution is -2.62. The summed E-state index contributed by atoms with van der Waals surface area (Å²) in [5.74, 6) is -5.51. The highest BCUT2D eigenvalue weighted by molar-refractivity contribution is 8.08. The normalized spacial score (nSPS) is 27.0. The van der Waals surface area contributed by atoms with Crippen molar-refractivity contribution < 1.29 is 94.0 Å². The molecule has 0 amide bonds. The van der Waals surface area contributed by atoms with Crippen LogP contribution in [0, 0.1) is 11.3 Å². The Balaban J connectivity index is 1.67. The Labute approximate surface area is 344 Å². The number of nitrogens with two attached hydrogens (primary N) is 1. The highest BCUT2D eigenvalue weighted by Gasteiger charge is 2.56. The number of carbonyl (C=O) groups is 6. The number of esters is 6. The van der Waals surface area contributed by atoms with Crippen molar-refractivity contribution >= 4 is 79.1 Å². The molecule has 2 aromatic heterocycles. The monoisotopic (exact) mass is 910 g/mol. The van der Waals surface area contributed by atoms with E-state index in [9.17, 15) is 38.2 Å². The molecule has 11 atom stereocenters. The Kier molecular flexibility index (Phi) is 16.5. The first-order valence-corrected chi connectivity index (χ1v) is 21.4. The van der Waals surface area contributed by atoms with Crippen LogP contribution in [0.1, 0.15) is 54.2 Å². The van der Waals surface area contributed by atoms with Gasteiger partial charge in [0.1, 0.15) is 30.7 Å². The number of phosphoric acid groups is 1. The average molecular weight is 911 g/mol. The van der Waals surface area contributed by atoms with Gasteiger partial charge in [-0.25, -0.2) is 23.8 Å². The number of hydrogen-bond donors (Lipinski definition) is 2. The summed E-state index contributed by atoms with van der Waals surface area (Å²) in [5, 5.41) is 9.16. The van der Waals surface area contributed by atoms with Gasteiger partial charge in [-0.2, -0.15) is 5.26 Å². The van der Waals surface area contributed by atoms with Crippen LogP contribution in [-0.2, 0) is 101 Å². The van der Waals surface area contributed by atoms with Gasteiger partial charge < -0.3 is 57.6 Å². The van der Waals surface area contributed by atoms with Crippen LogP contribution in [0.2, 0.25) is 0 Å². The van der Waals surface area contributed by atoms with Crippen LogP contribution in [0.4, 0.5) is 5.82 Å². The average Bonchev–Trinajstić information content (AvgIpc) is 3.69. The summed E-state index contributed by atoms with van der Waals surface area (Å²) >= 11 is 5.44. The summed E-state index contributed by atoms with van der Waals surface area (Å²) in [5.41, 5.74) is 6.21. The van der Waals surface area contributed by atoms with Crippen molar-refractivity contribution in [3.63, 3.8) is 0 Å². The van der Waals surface area contributed by atoms with Crippen molar-refractivity contribution in [3.05, 3.63) is 12.7 Å². The molecule has 3 N–H and O–H groups in total. The van der Waals surface area contributed by atoms with Crippen molar-refractivity contribution in [3.8, 4) is 6.07 Å². The molecule has 26 nitrogen and oxygen atoms in total. The van der Waals surface area contributed by atoms with Crippen molar-refractivity contribution in [2.45, 2.75) is 103 Å². The molecule has 330 valence electrons. The van der Waals surface area contributed by atoms with Gasteiger partial charge in [0.2, 0.25) is 6.29 Å². The van der Waals surface area contributed by atoms with Gasteiger partial charge in [-0.3, -0.25) is 37.9 Å². The lowest BCUT2D eigenvalue weighted by molar-refractivity contribution is -0.291. The summed E-state index contributed by atoms with van der Waals surface area (Å²) in [6.45, 7) is -0.602. The minimum Gasteiger partial charge on any atom is -0.463 e. The molecule has 2 aromatic rings. The molecule has 4 heterocycles. The Hall–Kier alpha value is -4.74. The Morgan fingerprint density at radius 1 is 0.800 bits per heavy atom. The zero-order valence-electron chi connectivity index (χ0n) is 32.5. The first kappa shape index (κ1) is 47.9. The molecule has 2 fully saturated rings. The van der Waals surface area contributed by atoms with Crippen LogP contribution in [0.3, 0.4) is 0 Å². The lowest BCUT2D eigenvalue weighted by Gasteiger charge is -2.44. The van der Waals surface area contributed by atoms with E-state index in [4.69, 9.17) is 78.6 Å². The standard InChI is InChI=1S/C31H40N6O20P2S/c1-14(38)46-10-20-23(49-15(2)39)25(51-17(4)41)27(53-19(6)43)31(55-20)56-58(44,45)57-59(60,47-9-7-8-32)48-11-21-24(50-16(3)40)26(52-18(5)42)30(54-21)37-13-36-22-28(33)34-12-35-29(22)37/h12-13,20-21,23-27,30-31H,7,9-11H2,1-6H3,(H,44,45)(H2,33,34,35)/t20?,21-,23-,24?,25?,26?,27?,30-,31+,59?/m1/s1. The third-order valence-corrected chi connectivity index (χ3v) is 12.1. The van der Waals surface area contributed by atoms with E-state index in [0.717, 1.165) is 47.9 Å². The smallest absolute Gasteiger partial charge is 0.463 e. The van der Waals surface area contributed by atoms with E-state index < -0.39 is 125 Å². The molecule has 0 radical (unpaired) electrons. The Morgan fingerprint density at radius 2 is 1.35 bits per heavy atom. The van der Waals surface area contributed by atoms with E-state index in [0.29, 0.717) is 0 Å². The molecule has 2 aliphatic heterocycles. The quantitative estimate of drug-likeness (QED) is 0.0892. The maximum absolute atomic E-state index is 13.8. The maximum atomic E-state index is 13.8. The SMILES string of the molecule is CC(=O)OCC1O[C@@H](OP(=O)(O)OP(=S)(OCCC#N)OC[C@H]2O[C@@H](n3cnc4c(N)ncnc43)C(OC(C)=O)C2OC(C)=O)C(OC(C)=O)C(OC(C)=O)[C@@H]1OC(C)=O. The van der Waals surface area contributed by atoms with Gasteiger partial charge in [0.05, 0.1) is 32.0 Å². The number of carbonyl (C=O) groups excluding carboxylic acids is 6. The van der Waals surface area contributed by atoms with E-state index in [-0.39, 0.29) is 23.4 Å². The predicted molar refractivity (Wildman–Crippen MR) is 195 cm³/mol. The zero-order valence-corrected chi connectivity index (χ0v) is 35.1. The van der Waals surface area contributed by atoms with Crippen molar-refractivity contribution in [2.75, 3.05) is 25.6 Å². The second-order valence-electron chi connectivity index (χ2n) is 12.5. The molecule has 0 aliphatic carbocycles. The van der Waals surface area contributed by atoms with Crippen LogP contribution in [0.5, 0.6) is 0 Å². The molecule has 0 aromatic carbocycles. The third-order valence-electron chi connectivity index (χ3n) is 7.80. The molecule has 7 unspecified atom stereocenters. The van der Waals surface area contributed by atoms with Crippen molar-refractivity contribution in [2.24, 2.45) is 0 Å². The minimum absolute atomic E-state index is 0.00374. The lowest BCUT2D eigenvalue weighted by atomic mass is 9.98. The number of fused-ring (bicyclic) bond motifs is 1. The fourth-order valence-corrected chi connectivity index (χ4v) is 9.63. The van der Waals surface area contributed by atoms with Gasteiger partial charge in [-0.1, -0.05) is 0 Å². The van der Waals surface area contributed by atoms with Crippen LogP contribution < -0.4 is 5.73 Å². The first-order valence-electron chi connectivity index (χ1n) is 17.4. The molecule has 0 saturated carbocycles. The second kappa shape index (κ2) is 20.7. The number of aromatic nitrogens is 4. The van der Waals surface area contributed by atoms with Gasteiger partial charge in [0, 0.05) is 41.5 Å². The predicted octanol–water partition coefficient (Wildman–Crippen LogP) is 0.557. The molecular weight excluding hydrogens is 870 g/mol. The summed E-state index contributed by atoms with van der Waals surface area (Å²) in [6.07, 6.45) is -12.7. The summed E-state index contributed by atoms with van der Waals surface area (Å²) in [4.78, 5) is 96.2. The third kappa shape index (κ3) is 12.9. The molecule has 4 rings (SSSR count). The Morgan fingerprint density at radius 3 is 1.93 bits per heavy atom. The summed E-state index contributed by atoms with van der Waals surface area (Å²) < 4.78 is 80.6. The first-order chi connectivity index (χ1) is 28.1. The van der Waals surface area contributed by atoms with Crippen LogP contribution in [-0.4, -0.2) is 129 Å². The highest BCUT2D eigenvalue weighted by Crippen LogP contribution is 2.65. The number of ether oxygens (including phenoxy) is 8. The molecule has 0 bridgehead atoms. The van der Waals surface area contributed by atoms with Gasteiger partial charge >= 0.3 is 50.4 Å². The number of imidazole rings is 1. The number of nitriles is 1. The fourth-order valence-electron chi connectivity index (χ4n) is 5.78. The molecule has 60 heavy (non-hydrogen) atoms. The molecule has 2 saturated heterocycles. The van der Waals surface area contributed by atoms with Crippen molar-refractivity contribution in [1.82, 2.24) is 19.5 Å². The Bertz CT molecular complexity index is 2080. The summed E-state index contributed by atoms with van der Waals surface area (Å²) in [6, 6.07) is 1.78. The minimum atomic E-state index is -5.69. The number of nitrogens with zero attached hydrogens (tertiary/aromatic N) is 5. The van der Waals surface area contributed by atoms with Gasteiger partial charge in [-0.15, -0.1) is 0 Å². The largest absolute Gasteiger partial charge is 0.481 e. The van der Waals surface area contributed by atoms with E-state index in [2.05, 4.69) is 15.0 Å². The van der Waals surface area contributed by atoms with Crippen LogP contribution in [0.15, 0.2) is 12.7 Å². The molecule has 29 heteroatoms. The zero-order chi connectivity index (χ0) is 44.5. The van der Waals surface area contributed by atoms with Gasteiger partial charge in [-0.05, 0) is 11.8 Å². The number of phosphoric ester groups is 1. The molecule has 0 spiro atoms. The van der Waals surface area contributed by atoms with Crippen LogP contribution >= 0.6 is 14.5 Å². The second-order valence-corrected chi connectivity index (χ2v) is 17.1. The van der Waals surface area contributed by atoms with E-state index in [1.807, 2.05) is 0 Å². The number of anilines is 1. The number of hydrogen-bond acceptors (Lipinski definition) is 25. The topological polar surface area (TPSA) is 344 Å². The van der Waals surface area contributed by atoms with Gasteiger partial charge in [0.15, 0.2) is 48.2 Å².